The predicted octanol–water partition coefficient (Wildman–Crippen LogP) is 1.60. The first-order chi connectivity index (χ1) is 7.69. The summed E-state index contributed by atoms with van der Waals surface area (Å²) in [5, 5.41) is 9.20. The van der Waals surface area contributed by atoms with Gasteiger partial charge in [0.15, 0.2) is 0 Å². The molecule has 0 aromatic carbocycles. The molecule has 0 bridgehead atoms. The number of rotatable bonds is 6. The molecule has 0 aromatic rings. The van der Waals surface area contributed by atoms with Crippen LogP contribution in [0.25, 0.3) is 0 Å². The van der Waals surface area contributed by atoms with Gasteiger partial charge in [0.2, 0.25) is 0 Å². The number of hydrogen-bond donors (Lipinski definition) is 1. The Bertz CT molecular complexity index is 218. The average molecular weight is 229 g/mol. The molecule has 1 aliphatic heterocycles. The molecule has 1 heterocycles. The van der Waals surface area contributed by atoms with Crippen molar-refractivity contribution in [1.82, 2.24) is 4.90 Å². The van der Waals surface area contributed by atoms with Crippen LogP contribution in [0.4, 0.5) is 0 Å². The molecular weight excluding hydrogens is 206 g/mol. The van der Waals surface area contributed by atoms with Crippen molar-refractivity contribution in [3.8, 4) is 0 Å². The summed E-state index contributed by atoms with van der Waals surface area (Å²) >= 11 is 0. The van der Waals surface area contributed by atoms with Gasteiger partial charge in [-0.1, -0.05) is 13.3 Å². The van der Waals surface area contributed by atoms with Crippen molar-refractivity contribution in [2.75, 3.05) is 26.8 Å². The fourth-order valence-electron chi connectivity index (χ4n) is 2.49. The molecule has 1 N–H and O–H groups in total. The second-order valence-corrected chi connectivity index (χ2v) is 4.60. The van der Waals surface area contributed by atoms with Gasteiger partial charge in [0.25, 0.3) is 0 Å². The van der Waals surface area contributed by atoms with Gasteiger partial charge < -0.3 is 9.84 Å². The topological polar surface area (TPSA) is 49.8 Å². The highest BCUT2D eigenvalue weighted by molar-refractivity contribution is 5.73. The monoisotopic (exact) mass is 229 g/mol. The van der Waals surface area contributed by atoms with Crippen molar-refractivity contribution >= 4 is 5.97 Å². The fourth-order valence-corrected chi connectivity index (χ4v) is 2.49. The summed E-state index contributed by atoms with van der Waals surface area (Å²) < 4.78 is 5.16. The normalized spacial score (nSPS) is 24.2. The molecule has 4 heteroatoms. The van der Waals surface area contributed by atoms with Gasteiger partial charge in [-0.25, -0.2) is 0 Å². The number of ether oxygens (including phenoxy) is 1. The SMILES string of the molecule is CCCC(C(=O)O)N1CCCC(COC)C1. The third-order valence-corrected chi connectivity index (χ3v) is 3.24. The maximum absolute atomic E-state index is 11.2. The number of carboxylic acid groups (broad SMARTS) is 1. The third kappa shape index (κ3) is 3.76. The molecule has 94 valence electrons. The van der Waals surface area contributed by atoms with Gasteiger partial charge in [0.05, 0.1) is 6.61 Å². The lowest BCUT2D eigenvalue weighted by Gasteiger charge is -2.36. The number of carbonyl (C=O) groups is 1. The molecule has 1 aliphatic rings. The highest BCUT2D eigenvalue weighted by Crippen LogP contribution is 2.20. The smallest absolute Gasteiger partial charge is 0.320 e. The molecule has 2 unspecified atom stereocenters. The van der Waals surface area contributed by atoms with E-state index in [2.05, 4.69) is 4.90 Å². The van der Waals surface area contributed by atoms with Crippen LogP contribution in [0.2, 0.25) is 0 Å². The second kappa shape index (κ2) is 6.86. The van der Waals surface area contributed by atoms with E-state index in [1.807, 2.05) is 6.92 Å². The largest absolute Gasteiger partial charge is 0.480 e. The first-order valence-electron chi connectivity index (χ1n) is 6.14. The number of carboxylic acids is 1. The first-order valence-corrected chi connectivity index (χ1v) is 6.14. The maximum atomic E-state index is 11.2. The molecule has 4 nitrogen and oxygen atoms in total. The minimum Gasteiger partial charge on any atom is -0.480 e. The number of aliphatic carboxylic acids is 1. The zero-order chi connectivity index (χ0) is 12.0. The summed E-state index contributed by atoms with van der Waals surface area (Å²) in [6, 6.07) is -0.301. The molecule has 0 saturated carbocycles. The maximum Gasteiger partial charge on any atom is 0.320 e. The van der Waals surface area contributed by atoms with Crippen molar-refractivity contribution in [1.29, 1.82) is 0 Å². The standard InChI is InChI=1S/C12H23NO3/c1-3-5-11(12(14)15)13-7-4-6-10(8-13)9-16-2/h10-11H,3-9H2,1-2H3,(H,14,15). The number of methoxy groups -OCH3 is 1. The van der Waals surface area contributed by atoms with E-state index in [0.29, 0.717) is 5.92 Å². The molecule has 1 saturated heterocycles. The lowest BCUT2D eigenvalue weighted by atomic mass is 9.96. The molecule has 0 spiro atoms. The quantitative estimate of drug-likeness (QED) is 0.751. The van der Waals surface area contributed by atoms with Gasteiger partial charge in [-0.2, -0.15) is 0 Å². The summed E-state index contributed by atoms with van der Waals surface area (Å²) in [6.07, 6.45) is 3.90. The Morgan fingerprint density at radius 1 is 1.62 bits per heavy atom. The Kier molecular flexibility index (Phi) is 5.77. The van der Waals surface area contributed by atoms with Gasteiger partial charge in [-0.05, 0) is 31.7 Å². The van der Waals surface area contributed by atoms with Crippen LogP contribution in [0.15, 0.2) is 0 Å². The average Bonchev–Trinajstić information content (AvgIpc) is 2.26. The van der Waals surface area contributed by atoms with E-state index >= 15 is 0 Å². The summed E-state index contributed by atoms with van der Waals surface area (Å²) in [5.74, 6) is -0.183. The van der Waals surface area contributed by atoms with Gasteiger partial charge in [-0.3, -0.25) is 9.69 Å². The Balaban J connectivity index is 2.52. The van der Waals surface area contributed by atoms with Crippen LogP contribution in [0.5, 0.6) is 0 Å². The molecule has 0 aliphatic carbocycles. The van der Waals surface area contributed by atoms with Crippen molar-refractivity contribution in [2.45, 2.75) is 38.6 Å². The van der Waals surface area contributed by atoms with Gasteiger partial charge in [-0.15, -0.1) is 0 Å². The van der Waals surface area contributed by atoms with E-state index in [0.717, 1.165) is 45.4 Å². The zero-order valence-electron chi connectivity index (χ0n) is 10.3. The molecule has 0 aromatic heterocycles. The van der Waals surface area contributed by atoms with E-state index in [1.54, 1.807) is 7.11 Å². The van der Waals surface area contributed by atoms with E-state index < -0.39 is 5.97 Å². The van der Waals surface area contributed by atoms with Gasteiger partial charge >= 0.3 is 5.97 Å². The number of nitrogens with zero attached hydrogens (tertiary/aromatic N) is 1. The first kappa shape index (κ1) is 13.5. The molecule has 1 rings (SSSR count). The minimum atomic E-state index is -0.681. The van der Waals surface area contributed by atoms with Crippen molar-refractivity contribution in [2.24, 2.45) is 5.92 Å². The van der Waals surface area contributed by atoms with Crippen LogP contribution in [0.3, 0.4) is 0 Å². The number of likely N-dealkylation sites (tertiary alicyclic amines) is 1. The van der Waals surface area contributed by atoms with Crippen LogP contribution in [0.1, 0.15) is 32.6 Å². The predicted molar refractivity (Wildman–Crippen MR) is 62.5 cm³/mol. The van der Waals surface area contributed by atoms with Gasteiger partial charge in [0.1, 0.15) is 6.04 Å². The highest BCUT2D eigenvalue weighted by Gasteiger charge is 2.29. The van der Waals surface area contributed by atoms with Crippen molar-refractivity contribution < 1.29 is 14.6 Å². The third-order valence-electron chi connectivity index (χ3n) is 3.24. The fraction of sp³-hybridized carbons (Fsp3) is 0.917. The molecular formula is C12H23NO3. The summed E-state index contributed by atoms with van der Waals surface area (Å²) in [4.78, 5) is 13.3. The van der Waals surface area contributed by atoms with Crippen LogP contribution in [-0.2, 0) is 9.53 Å². The zero-order valence-corrected chi connectivity index (χ0v) is 10.3. The lowest BCUT2D eigenvalue weighted by molar-refractivity contribution is -0.144. The van der Waals surface area contributed by atoms with E-state index in [9.17, 15) is 9.90 Å². The summed E-state index contributed by atoms with van der Waals surface area (Å²) in [5.41, 5.74) is 0. The lowest BCUT2D eigenvalue weighted by Crippen LogP contribution is -2.47. The van der Waals surface area contributed by atoms with Crippen LogP contribution in [-0.4, -0.2) is 48.8 Å². The molecule has 16 heavy (non-hydrogen) atoms. The molecule has 0 radical (unpaired) electrons. The van der Waals surface area contributed by atoms with Crippen LogP contribution < -0.4 is 0 Å². The van der Waals surface area contributed by atoms with Crippen molar-refractivity contribution in [3.63, 3.8) is 0 Å². The highest BCUT2D eigenvalue weighted by atomic mass is 16.5. The van der Waals surface area contributed by atoms with E-state index in [-0.39, 0.29) is 6.04 Å². The Hall–Kier alpha value is -0.610. The Labute approximate surface area is 97.6 Å². The van der Waals surface area contributed by atoms with Crippen LogP contribution in [0, 0.1) is 5.92 Å². The summed E-state index contributed by atoms with van der Waals surface area (Å²) in [7, 11) is 1.71. The number of piperidine rings is 1. The second-order valence-electron chi connectivity index (χ2n) is 4.60. The minimum absolute atomic E-state index is 0.301. The Morgan fingerprint density at radius 3 is 2.94 bits per heavy atom. The molecule has 1 fully saturated rings. The van der Waals surface area contributed by atoms with E-state index in [1.165, 1.54) is 0 Å². The van der Waals surface area contributed by atoms with Crippen LogP contribution >= 0.6 is 0 Å². The Morgan fingerprint density at radius 2 is 2.38 bits per heavy atom. The summed E-state index contributed by atoms with van der Waals surface area (Å²) in [6.45, 7) is 4.56. The van der Waals surface area contributed by atoms with Gasteiger partial charge in [0, 0.05) is 13.7 Å². The molecule has 0 amide bonds. The molecule has 2 atom stereocenters. The number of hydrogen-bond acceptors (Lipinski definition) is 3. The van der Waals surface area contributed by atoms with Crippen molar-refractivity contribution in [3.05, 3.63) is 0 Å². The van der Waals surface area contributed by atoms with E-state index in [4.69, 9.17) is 4.74 Å².